The van der Waals surface area contributed by atoms with Crippen LogP contribution in [0.15, 0.2) is 18.2 Å². The molecule has 0 radical (unpaired) electrons. The van der Waals surface area contributed by atoms with E-state index < -0.39 is 23.4 Å². The molecule has 10 heteroatoms. The highest BCUT2D eigenvalue weighted by molar-refractivity contribution is 6.30. The average Bonchev–Trinajstić information content (AvgIpc) is 2.92. The number of hydrogen-bond donors (Lipinski definition) is 3. The van der Waals surface area contributed by atoms with Crippen molar-refractivity contribution in [1.82, 2.24) is 15.2 Å². The Morgan fingerprint density at radius 1 is 1.24 bits per heavy atom. The van der Waals surface area contributed by atoms with Crippen LogP contribution in [-0.2, 0) is 10.3 Å². The van der Waals surface area contributed by atoms with E-state index in [0.717, 1.165) is 18.8 Å². The maximum absolute atomic E-state index is 15.1. The summed E-state index contributed by atoms with van der Waals surface area (Å²) in [6.07, 6.45) is 9.65. The zero-order chi connectivity index (χ0) is 26.8. The van der Waals surface area contributed by atoms with Gasteiger partial charge in [0.25, 0.3) is 0 Å². The summed E-state index contributed by atoms with van der Waals surface area (Å²) in [5.41, 5.74) is -1.47. The molecule has 0 aromatic heterocycles. The molecular formula is C27H42ClFN4O4. The zero-order valence-electron chi connectivity index (χ0n) is 21.9. The number of alkyl carbamates (subject to hydrolysis) is 1. The molecule has 1 saturated carbocycles. The summed E-state index contributed by atoms with van der Waals surface area (Å²) in [5.74, 6) is 5.80. The van der Waals surface area contributed by atoms with Crippen molar-refractivity contribution in [1.29, 1.82) is 0 Å². The first-order valence-electron chi connectivity index (χ1n) is 13.6. The van der Waals surface area contributed by atoms with Gasteiger partial charge >= 0.3 is 12.1 Å². The van der Waals surface area contributed by atoms with Gasteiger partial charge in [0.05, 0.1) is 17.7 Å². The molecule has 1 aliphatic heterocycles. The molecule has 1 aromatic rings. The van der Waals surface area contributed by atoms with Crippen LogP contribution in [0.3, 0.4) is 0 Å². The van der Waals surface area contributed by atoms with Crippen molar-refractivity contribution in [2.75, 3.05) is 33.3 Å². The van der Waals surface area contributed by atoms with Crippen LogP contribution in [0.1, 0.15) is 76.2 Å². The van der Waals surface area contributed by atoms with Gasteiger partial charge in [0.15, 0.2) is 0 Å². The normalized spacial score (nSPS) is 20.2. The molecule has 3 amide bonds. The van der Waals surface area contributed by atoms with Crippen LogP contribution < -0.4 is 11.2 Å². The van der Waals surface area contributed by atoms with E-state index in [1.54, 1.807) is 11.0 Å². The molecule has 37 heavy (non-hydrogen) atoms. The number of aliphatic hydroxyl groups is 1. The Balaban J connectivity index is 1.66. The van der Waals surface area contributed by atoms with Crippen LogP contribution >= 0.6 is 11.6 Å². The third kappa shape index (κ3) is 7.94. The van der Waals surface area contributed by atoms with Crippen molar-refractivity contribution in [3.8, 4) is 0 Å². The van der Waals surface area contributed by atoms with Crippen molar-refractivity contribution < 1.29 is 23.8 Å². The van der Waals surface area contributed by atoms with Crippen LogP contribution in [0.4, 0.5) is 14.0 Å². The largest absolute Gasteiger partial charge is 0.453 e. The molecule has 0 bridgehead atoms. The molecule has 1 aliphatic carbocycles. The van der Waals surface area contributed by atoms with E-state index in [-0.39, 0.29) is 36.1 Å². The highest BCUT2D eigenvalue weighted by Crippen LogP contribution is 2.41. The van der Waals surface area contributed by atoms with E-state index in [4.69, 9.17) is 17.4 Å². The number of benzene rings is 1. The molecule has 1 heterocycles. The molecule has 2 fully saturated rings. The van der Waals surface area contributed by atoms with Gasteiger partial charge in [0.2, 0.25) is 0 Å². The van der Waals surface area contributed by atoms with Gasteiger partial charge in [-0.2, -0.15) is 0 Å². The number of nitrogens with one attached hydrogen (secondary N) is 1. The van der Waals surface area contributed by atoms with Crippen molar-refractivity contribution >= 4 is 23.7 Å². The lowest BCUT2D eigenvalue weighted by Gasteiger charge is -2.43. The van der Waals surface area contributed by atoms with E-state index in [1.807, 2.05) is 0 Å². The molecule has 1 saturated heterocycles. The Morgan fingerprint density at radius 2 is 2.00 bits per heavy atom. The van der Waals surface area contributed by atoms with Gasteiger partial charge in [-0.1, -0.05) is 55.8 Å². The number of urea groups is 1. The van der Waals surface area contributed by atoms with E-state index in [1.165, 1.54) is 56.4 Å². The topological polar surface area (TPSA) is 108 Å². The van der Waals surface area contributed by atoms with Gasteiger partial charge in [0.1, 0.15) is 5.82 Å². The Hall–Kier alpha value is -2.10. The fourth-order valence-corrected chi connectivity index (χ4v) is 6.04. The van der Waals surface area contributed by atoms with E-state index in [9.17, 15) is 14.7 Å². The van der Waals surface area contributed by atoms with E-state index in [0.29, 0.717) is 32.4 Å². The predicted octanol–water partition coefficient (Wildman–Crippen LogP) is 5.17. The molecule has 4 N–H and O–H groups in total. The number of rotatable bonds is 10. The predicted molar refractivity (Wildman–Crippen MR) is 141 cm³/mol. The smallest absolute Gasteiger partial charge is 0.406 e. The maximum Gasteiger partial charge on any atom is 0.406 e. The lowest BCUT2D eigenvalue weighted by molar-refractivity contribution is -0.0590. The van der Waals surface area contributed by atoms with Crippen LogP contribution in [0.2, 0.25) is 5.02 Å². The number of hydrazine groups is 1. The molecule has 1 aromatic carbocycles. The number of carbonyl (C=O) groups is 2. The van der Waals surface area contributed by atoms with Crippen molar-refractivity contribution in [3.05, 3.63) is 34.6 Å². The van der Waals surface area contributed by atoms with Crippen LogP contribution in [0, 0.1) is 17.7 Å². The summed E-state index contributed by atoms with van der Waals surface area (Å²) in [5, 5.41) is 15.7. The number of piperidine rings is 1. The number of carbonyl (C=O) groups excluding carboxylic acids is 2. The first kappa shape index (κ1) is 29.5. The first-order chi connectivity index (χ1) is 17.8. The second-order valence-electron chi connectivity index (χ2n) is 10.5. The van der Waals surface area contributed by atoms with Gasteiger partial charge in [-0.15, -0.1) is 0 Å². The number of halogens is 2. The fraction of sp³-hybridized carbons (Fsp3) is 0.704. The second kappa shape index (κ2) is 14.2. The Kier molecular flexibility index (Phi) is 11.3. The van der Waals surface area contributed by atoms with Gasteiger partial charge in [-0.25, -0.2) is 19.8 Å². The van der Waals surface area contributed by atoms with E-state index in [2.05, 4.69) is 10.1 Å². The highest BCUT2D eigenvalue weighted by Gasteiger charge is 2.43. The van der Waals surface area contributed by atoms with Crippen molar-refractivity contribution in [3.63, 3.8) is 0 Å². The Bertz CT molecular complexity index is 901. The highest BCUT2D eigenvalue weighted by atomic mass is 35.5. The van der Waals surface area contributed by atoms with Gasteiger partial charge < -0.3 is 20.1 Å². The molecule has 2 aliphatic rings. The monoisotopic (exact) mass is 540 g/mol. The molecule has 0 spiro atoms. The molecule has 208 valence electrons. The molecule has 8 nitrogen and oxygen atoms in total. The summed E-state index contributed by atoms with van der Waals surface area (Å²) in [6.45, 7) is 1.53. The van der Waals surface area contributed by atoms with Crippen molar-refractivity contribution in [2.45, 2.75) is 76.2 Å². The molecule has 2 unspecified atom stereocenters. The Labute approximate surface area is 224 Å². The SMILES string of the molecule is COC(=O)NCCCC(O)(c1cccc(Cl)c1F)C1CCCN(C(=O)N(N)CCCC2CCCCC2)C1. The standard InChI is InChI=1S/C27H42ClFN4O4/c1-37-25(34)31-16-8-15-27(36,22-13-5-14-23(28)24(22)29)21-12-7-17-32(19-21)26(35)33(30)18-6-11-20-9-3-2-4-10-20/h5,13-14,20-21,36H,2-4,6-12,15-19,30H2,1H3,(H,31,34). The number of nitrogens with two attached hydrogens (primary N) is 1. The lowest BCUT2D eigenvalue weighted by atomic mass is 9.74. The summed E-state index contributed by atoms with van der Waals surface area (Å²) in [7, 11) is 1.28. The van der Waals surface area contributed by atoms with Crippen LogP contribution in [-0.4, -0.2) is 60.4 Å². The number of methoxy groups -OCH3 is 1. The lowest BCUT2D eigenvalue weighted by Crippen LogP contribution is -2.54. The summed E-state index contributed by atoms with van der Waals surface area (Å²) in [6, 6.07) is 4.32. The Morgan fingerprint density at radius 3 is 2.73 bits per heavy atom. The van der Waals surface area contributed by atoms with Gasteiger partial charge in [-0.3, -0.25) is 5.01 Å². The van der Waals surface area contributed by atoms with Crippen LogP contribution in [0.25, 0.3) is 0 Å². The summed E-state index contributed by atoms with van der Waals surface area (Å²) in [4.78, 5) is 26.2. The number of amides is 3. The van der Waals surface area contributed by atoms with Gasteiger partial charge in [-0.05, 0) is 50.5 Å². The first-order valence-corrected chi connectivity index (χ1v) is 13.9. The molecular weight excluding hydrogens is 499 g/mol. The third-order valence-corrected chi connectivity index (χ3v) is 8.25. The van der Waals surface area contributed by atoms with Gasteiger partial charge in [0, 0.05) is 37.7 Å². The molecule has 2 atom stereocenters. The quantitative estimate of drug-likeness (QED) is 0.164. The summed E-state index contributed by atoms with van der Waals surface area (Å²) >= 11 is 6.06. The third-order valence-electron chi connectivity index (χ3n) is 7.96. The molecule has 3 rings (SSSR count). The minimum absolute atomic E-state index is 0.0709. The second-order valence-corrected chi connectivity index (χ2v) is 10.9. The summed E-state index contributed by atoms with van der Waals surface area (Å²) < 4.78 is 19.7. The van der Waals surface area contributed by atoms with Crippen molar-refractivity contribution in [2.24, 2.45) is 17.7 Å². The number of ether oxygens (including phenoxy) is 1. The minimum atomic E-state index is -1.58. The number of likely N-dealkylation sites (tertiary alicyclic amines) is 1. The minimum Gasteiger partial charge on any atom is -0.453 e. The van der Waals surface area contributed by atoms with E-state index >= 15 is 4.39 Å². The maximum atomic E-state index is 15.1. The number of nitrogens with zero attached hydrogens (tertiary/aromatic N) is 2. The fourth-order valence-electron chi connectivity index (χ4n) is 5.86. The number of hydrogen-bond acceptors (Lipinski definition) is 5. The zero-order valence-corrected chi connectivity index (χ0v) is 22.6. The average molecular weight is 541 g/mol. The van der Waals surface area contributed by atoms with Crippen LogP contribution in [0.5, 0.6) is 0 Å².